The summed E-state index contributed by atoms with van der Waals surface area (Å²) in [6.45, 7) is 11.7. The Morgan fingerprint density at radius 1 is 1.27 bits per heavy atom. The molecular formula is C18H28N2O2. The highest BCUT2D eigenvalue weighted by Gasteiger charge is 2.36. The molecule has 1 saturated heterocycles. The number of ether oxygens (including phenoxy) is 1. The second-order valence-corrected chi connectivity index (χ2v) is 6.47. The number of morpholine rings is 1. The Hall–Kier alpha value is -1.39. The predicted molar refractivity (Wildman–Crippen MR) is 88.7 cm³/mol. The summed E-state index contributed by atoms with van der Waals surface area (Å²) in [5.41, 5.74) is 1.06. The zero-order valence-corrected chi connectivity index (χ0v) is 14.2. The molecular weight excluding hydrogens is 276 g/mol. The van der Waals surface area contributed by atoms with Crippen LogP contribution >= 0.6 is 0 Å². The van der Waals surface area contributed by atoms with Gasteiger partial charge in [-0.25, -0.2) is 0 Å². The third-order valence-electron chi connectivity index (χ3n) is 4.49. The normalized spacial score (nSPS) is 21.5. The fraction of sp³-hybridized carbons (Fsp3) is 0.611. The third-order valence-corrected chi connectivity index (χ3v) is 4.49. The fourth-order valence-corrected chi connectivity index (χ4v) is 2.88. The van der Waals surface area contributed by atoms with Crippen LogP contribution < -0.4 is 0 Å². The van der Waals surface area contributed by atoms with Crippen molar-refractivity contribution in [2.24, 2.45) is 0 Å². The molecule has 1 amide bonds. The summed E-state index contributed by atoms with van der Waals surface area (Å²) < 4.78 is 6.04. The molecule has 2 rings (SSSR count). The highest BCUT2D eigenvalue weighted by atomic mass is 16.5. The highest BCUT2D eigenvalue weighted by Crippen LogP contribution is 2.30. The third kappa shape index (κ3) is 3.87. The van der Waals surface area contributed by atoms with Gasteiger partial charge in [0.2, 0.25) is 5.91 Å². The van der Waals surface area contributed by atoms with Gasteiger partial charge in [-0.05, 0) is 33.3 Å². The molecule has 0 N–H and O–H groups in total. The zero-order chi connectivity index (χ0) is 16.2. The zero-order valence-electron chi connectivity index (χ0n) is 14.2. The topological polar surface area (TPSA) is 32.8 Å². The van der Waals surface area contributed by atoms with Crippen molar-refractivity contribution in [3.8, 4) is 0 Å². The van der Waals surface area contributed by atoms with E-state index in [0.29, 0.717) is 13.2 Å². The summed E-state index contributed by atoms with van der Waals surface area (Å²) >= 11 is 0. The van der Waals surface area contributed by atoms with Gasteiger partial charge in [0, 0.05) is 25.2 Å². The van der Waals surface area contributed by atoms with E-state index in [1.807, 2.05) is 36.9 Å². The van der Waals surface area contributed by atoms with Crippen molar-refractivity contribution in [1.29, 1.82) is 0 Å². The van der Waals surface area contributed by atoms with Gasteiger partial charge in [0.1, 0.15) is 0 Å². The molecule has 1 fully saturated rings. The second kappa shape index (κ2) is 7.25. The molecule has 0 bridgehead atoms. The molecule has 1 unspecified atom stereocenters. The average molecular weight is 304 g/mol. The van der Waals surface area contributed by atoms with Gasteiger partial charge in [-0.2, -0.15) is 0 Å². The average Bonchev–Trinajstić information content (AvgIpc) is 2.51. The van der Waals surface area contributed by atoms with Crippen LogP contribution in [0.15, 0.2) is 30.3 Å². The first-order valence-corrected chi connectivity index (χ1v) is 8.17. The monoisotopic (exact) mass is 304 g/mol. The van der Waals surface area contributed by atoms with E-state index in [9.17, 15) is 4.79 Å². The fourth-order valence-electron chi connectivity index (χ4n) is 2.88. The number of benzene rings is 1. The van der Waals surface area contributed by atoms with Crippen molar-refractivity contribution in [1.82, 2.24) is 9.80 Å². The smallest absolute Gasteiger partial charge is 0.236 e. The minimum Gasteiger partial charge on any atom is -0.370 e. The molecule has 0 radical (unpaired) electrons. The lowest BCUT2D eigenvalue weighted by molar-refractivity contribution is -0.141. The minimum absolute atomic E-state index is 0.0405. The van der Waals surface area contributed by atoms with E-state index in [1.54, 1.807) is 0 Å². The molecule has 1 aliphatic heterocycles. The molecule has 1 heterocycles. The Morgan fingerprint density at radius 2 is 1.91 bits per heavy atom. The van der Waals surface area contributed by atoms with Crippen LogP contribution in [0.1, 0.15) is 39.4 Å². The van der Waals surface area contributed by atoms with Gasteiger partial charge in [0.05, 0.1) is 19.3 Å². The minimum atomic E-state index is -0.117. The van der Waals surface area contributed by atoms with Crippen LogP contribution in [0.3, 0.4) is 0 Å². The van der Waals surface area contributed by atoms with Crippen molar-refractivity contribution in [2.75, 3.05) is 32.8 Å². The van der Waals surface area contributed by atoms with Gasteiger partial charge in [-0.3, -0.25) is 9.69 Å². The lowest BCUT2D eigenvalue weighted by Crippen LogP contribution is -2.56. The lowest BCUT2D eigenvalue weighted by atomic mass is 9.98. The summed E-state index contributed by atoms with van der Waals surface area (Å²) in [5, 5.41) is 0. The molecule has 22 heavy (non-hydrogen) atoms. The number of hydrogen-bond donors (Lipinski definition) is 0. The molecule has 4 heteroatoms. The van der Waals surface area contributed by atoms with E-state index in [-0.39, 0.29) is 17.6 Å². The van der Waals surface area contributed by atoms with Crippen LogP contribution in [0.2, 0.25) is 0 Å². The standard InChI is InChI=1S/C18H28N2O2/c1-5-19(6-2)17(21)13-20-12-16(22-14-18(20,3)4)15-10-8-7-9-11-15/h7-11,16H,5-6,12-14H2,1-4H3. The van der Waals surface area contributed by atoms with E-state index in [0.717, 1.165) is 19.6 Å². The number of carbonyl (C=O) groups excluding carboxylic acids is 1. The molecule has 0 spiro atoms. The first kappa shape index (κ1) is 17.0. The SMILES string of the molecule is CCN(CC)C(=O)CN1CC(c2ccccc2)OCC1(C)C. The van der Waals surface area contributed by atoms with Crippen molar-refractivity contribution >= 4 is 5.91 Å². The molecule has 0 aliphatic carbocycles. The van der Waals surface area contributed by atoms with Gasteiger partial charge < -0.3 is 9.64 Å². The van der Waals surface area contributed by atoms with Crippen molar-refractivity contribution < 1.29 is 9.53 Å². The van der Waals surface area contributed by atoms with Crippen LogP contribution in [-0.2, 0) is 9.53 Å². The Morgan fingerprint density at radius 3 is 2.50 bits per heavy atom. The maximum atomic E-state index is 12.4. The van der Waals surface area contributed by atoms with Crippen LogP contribution in [0.4, 0.5) is 0 Å². The first-order chi connectivity index (χ1) is 10.5. The van der Waals surface area contributed by atoms with Crippen molar-refractivity contribution in [3.63, 3.8) is 0 Å². The van der Waals surface area contributed by atoms with E-state index < -0.39 is 0 Å². The van der Waals surface area contributed by atoms with Crippen molar-refractivity contribution in [3.05, 3.63) is 35.9 Å². The van der Waals surface area contributed by atoms with Gasteiger partial charge >= 0.3 is 0 Å². The van der Waals surface area contributed by atoms with E-state index in [4.69, 9.17) is 4.74 Å². The van der Waals surface area contributed by atoms with Crippen LogP contribution in [-0.4, -0.2) is 54.0 Å². The number of likely N-dealkylation sites (N-methyl/N-ethyl adjacent to an activating group) is 1. The number of amides is 1. The molecule has 1 aromatic carbocycles. The summed E-state index contributed by atoms with van der Waals surface area (Å²) in [5.74, 6) is 0.201. The van der Waals surface area contributed by atoms with E-state index >= 15 is 0 Å². The van der Waals surface area contributed by atoms with Gasteiger partial charge in [-0.1, -0.05) is 30.3 Å². The first-order valence-electron chi connectivity index (χ1n) is 8.17. The second-order valence-electron chi connectivity index (χ2n) is 6.47. The molecule has 1 aliphatic rings. The van der Waals surface area contributed by atoms with Crippen LogP contribution in [0.25, 0.3) is 0 Å². The molecule has 1 atom stereocenters. The maximum absolute atomic E-state index is 12.4. The molecule has 4 nitrogen and oxygen atoms in total. The summed E-state index contributed by atoms with van der Waals surface area (Å²) in [6.07, 6.45) is 0.0405. The Bertz CT molecular complexity index is 483. The van der Waals surface area contributed by atoms with Gasteiger partial charge in [-0.15, -0.1) is 0 Å². The van der Waals surface area contributed by atoms with Crippen LogP contribution in [0.5, 0.6) is 0 Å². The Labute approximate surface area is 134 Å². The van der Waals surface area contributed by atoms with E-state index in [1.165, 1.54) is 5.56 Å². The van der Waals surface area contributed by atoms with Crippen molar-refractivity contribution in [2.45, 2.75) is 39.3 Å². The summed E-state index contributed by atoms with van der Waals surface area (Å²) in [4.78, 5) is 16.6. The molecule has 122 valence electrons. The highest BCUT2D eigenvalue weighted by molar-refractivity contribution is 5.78. The number of rotatable bonds is 5. The number of carbonyl (C=O) groups is 1. The molecule has 1 aromatic rings. The predicted octanol–water partition coefficient (Wildman–Crippen LogP) is 2.71. The van der Waals surface area contributed by atoms with Gasteiger partial charge in [0.25, 0.3) is 0 Å². The Balaban J connectivity index is 2.08. The lowest BCUT2D eigenvalue weighted by Gasteiger charge is -2.45. The number of hydrogen-bond acceptors (Lipinski definition) is 3. The summed E-state index contributed by atoms with van der Waals surface area (Å²) in [6, 6.07) is 10.3. The van der Waals surface area contributed by atoms with E-state index in [2.05, 4.69) is 30.9 Å². The summed E-state index contributed by atoms with van der Waals surface area (Å²) in [7, 11) is 0. The Kier molecular flexibility index (Phi) is 5.59. The molecule has 0 aromatic heterocycles. The molecule has 0 saturated carbocycles. The largest absolute Gasteiger partial charge is 0.370 e. The van der Waals surface area contributed by atoms with Gasteiger partial charge in [0.15, 0.2) is 0 Å². The quantitative estimate of drug-likeness (QED) is 0.838. The number of nitrogens with zero attached hydrogens (tertiary/aromatic N) is 2. The maximum Gasteiger partial charge on any atom is 0.236 e. The van der Waals surface area contributed by atoms with Crippen LogP contribution in [0, 0.1) is 0 Å².